The number of esters is 3. The summed E-state index contributed by atoms with van der Waals surface area (Å²) >= 11 is 0. The molecule has 6 atom stereocenters. The van der Waals surface area contributed by atoms with E-state index in [0.29, 0.717) is 19.3 Å². The molecule has 0 amide bonds. The van der Waals surface area contributed by atoms with Crippen LogP contribution in [-0.4, -0.2) is 89.2 Å². The van der Waals surface area contributed by atoms with Crippen molar-refractivity contribution in [2.24, 2.45) is 0 Å². The summed E-state index contributed by atoms with van der Waals surface area (Å²) in [7, 11) is 0. The van der Waals surface area contributed by atoms with Crippen molar-refractivity contribution in [1.82, 2.24) is 0 Å². The second-order valence-electron chi connectivity index (χ2n) is 18.2. The first-order valence-electron chi connectivity index (χ1n) is 26.6. The van der Waals surface area contributed by atoms with E-state index in [2.05, 4.69) is 69.4 Å². The van der Waals surface area contributed by atoms with Crippen molar-refractivity contribution in [3.8, 4) is 0 Å². The standard InChI is InChI=1S/C55H94O12/c1-4-7-10-13-16-19-22-24-27-29-32-35-38-41-47(56)63-44-46(65-48(57)42-39-36-33-31-28-25-23-20-17-14-11-8-5-2)45-64-55-53(51(60)50(59)52(67-55)54(61)62)66-49(58)43-40-37-34-30-26-21-18-15-12-9-6-3/h10-11,13-14,19-20,22-23,46,50-53,55,59-60H,4-9,12,15-18,21,24-45H2,1-3H3,(H,61,62)/b13-10-,14-11-,22-19-,23-20-. The second kappa shape index (κ2) is 43.9. The van der Waals surface area contributed by atoms with Gasteiger partial charge < -0.3 is 39.0 Å². The van der Waals surface area contributed by atoms with E-state index in [1.807, 2.05) is 0 Å². The van der Waals surface area contributed by atoms with E-state index in [1.54, 1.807) is 0 Å². The van der Waals surface area contributed by atoms with E-state index >= 15 is 0 Å². The number of hydrogen-bond acceptors (Lipinski definition) is 11. The minimum absolute atomic E-state index is 0.0598. The van der Waals surface area contributed by atoms with Crippen LogP contribution in [0.3, 0.4) is 0 Å². The number of aliphatic hydroxyl groups is 2. The third-order valence-corrected chi connectivity index (χ3v) is 11.8. The van der Waals surface area contributed by atoms with E-state index in [9.17, 15) is 34.5 Å². The smallest absolute Gasteiger partial charge is 0.335 e. The van der Waals surface area contributed by atoms with Crippen LogP contribution in [0, 0.1) is 0 Å². The Balaban J connectivity index is 2.75. The Morgan fingerprint density at radius 2 is 0.925 bits per heavy atom. The van der Waals surface area contributed by atoms with E-state index in [4.69, 9.17) is 23.7 Å². The van der Waals surface area contributed by atoms with Crippen LogP contribution in [0.2, 0.25) is 0 Å². The zero-order valence-corrected chi connectivity index (χ0v) is 42.1. The van der Waals surface area contributed by atoms with Crippen molar-refractivity contribution < 1.29 is 58.2 Å². The van der Waals surface area contributed by atoms with Crippen molar-refractivity contribution in [2.45, 2.75) is 263 Å². The zero-order chi connectivity index (χ0) is 49.0. The average Bonchev–Trinajstić information content (AvgIpc) is 3.31. The van der Waals surface area contributed by atoms with Gasteiger partial charge in [0, 0.05) is 19.3 Å². The van der Waals surface area contributed by atoms with Gasteiger partial charge in [0.2, 0.25) is 0 Å². The molecule has 0 bridgehead atoms. The van der Waals surface area contributed by atoms with E-state index in [1.165, 1.54) is 38.5 Å². The van der Waals surface area contributed by atoms with Crippen molar-refractivity contribution in [2.75, 3.05) is 13.2 Å². The molecule has 1 aliphatic rings. The summed E-state index contributed by atoms with van der Waals surface area (Å²) in [6.45, 7) is 5.80. The SMILES string of the molecule is CCC/C=C\C/C=C\CCCCCCCC(=O)OCC(COC1OC(C(=O)O)C(O)C(O)C1OC(=O)CCCCCCCCCCCCC)OC(=O)CCCCCCC/C=C\C/C=C\CCC. The summed E-state index contributed by atoms with van der Waals surface area (Å²) in [5, 5.41) is 31.3. The lowest BCUT2D eigenvalue weighted by molar-refractivity contribution is -0.301. The van der Waals surface area contributed by atoms with Gasteiger partial charge in [0.15, 0.2) is 24.6 Å². The Morgan fingerprint density at radius 3 is 1.40 bits per heavy atom. The van der Waals surface area contributed by atoms with E-state index < -0.39 is 67.3 Å². The molecule has 0 radical (unpaired) electrons. The van der Waals surface area contributed by atoms with Gasteiger partial charge in [0.05, 0.1) is 6.61 Å². The van der Waals surface area contributed by atoms with Crippen LogP contribution in [0.15, 0.2) is 48.6 Å². The number of rotatable bonds is 44. The van der Waals surface area contributed by atoms with Crippen LogP contribution in [-0.2, 0) is 42.9 Å². The zero-order valence-electron chi connectivity index (χ0n) is 42.1. The number of carboxylic acids is 1. The van der Waals surface area contributed by atoms with Crippen LogP contribution in [0.25, 0.3) is 0 Å². The number of carbonyl (C=O) groups is 4. The molecule has 6 unspecified atom stereocenters. The lowest BCUT2D eigenvalue weighted by Crippen LogP contribution is -2.61. The molecule has 1 fully saturated rings. The molecule has 0 saturated carbocycles. The van der Waals surface area contributed by atoms with Gasteiger partial charge in [0.25, 0.3) is 0 Å². The fraction of sp³-hybridized carbons (Fsp3) is 0.782. The molecule has 1 aliphatic heterocycles. The lowest BCUT2D eigenvalue weighted by Gasteiger charge is -2.40. The highest BCUT2D eigenvalue weighted by atomic mass is 16.7. The third kappa shape index (κ3) is 34.6. The Hall–Kier alpha value is -3.32. The molecule has 0 spiro atoms. The van der Waals surface area contributed by atoms with Crippen molar-refractivity contribution >= 4 is 23.9 Å². The summed E-state index contributed by atoms with van der Waals surface area (Å²) in [6, 6.07) is 0. The van der Waals surface area contributed by atoms with Crippen molar-refractivity contribution in [3.05, 3.63) is 48.6 Å². The predicted octanol–water partition coefficient (Wildman–Crippen LogP) is 12.7. The van der Waals surface area contributed by atoms with Crippen LogP contribution >= 0.6 is 0 Å². The Morgan fingerprint density at radius 1 is 0.493 bits per heavy atom. The first-order valence-corrected chi connectivity index (χ1v) is 26.6. The highest BCUT2D eigenvalue weighted by Crippen LogP contribution is 2.26. The first-order chi connectivity index (χ1) is 32.6. The molecule has 0 aromatic rings. The van der Waals surface area contributed by atoms with Crippen LogP contribution in [0.4, 0.5) is 0 Å². The van der Waals surface area contributed by atoms with E-state index in [-0.39, 0.29) is 25.9 Å². The van der Waals surface area contributed by atoms with Gasteiger partial charge in [-0.25, -0.2) is 4.79 Å². The lowest BCUT2D eigenvalue weighted by atomic mass is 9.98. The number of aliphatic hydroxyl groups excluding tert-OH is 2. The fourth-order valence-corrected chi connectivity index (χ4v) is 7.74. The molecule has 3 N–H and O–H groups in total. The maximum Gasteiger partial charge on any atom is 0.335 e. The molecule has 386 valence electrons. The first kappa shape index (κ1) is 61.7. The highest BCUT2D eigenvalue weighted by molar-refractivity contribution is 5.74. The maximum atomic E-state index is 13.1. The number of unbranched alkanes of at least 4 members (excludes halogenated alkanes) is 22. The quantitative estimate of drug-likeness (QED) is 0.0228. The molecular weight excluding hydrogens is 853 g/mol. The minimum atomic E-state index is -1.90. The summed E-state index contributed by atoms with van der Waals surface area (Å²) in [6.07, 6.45) is 38.1. The molecule has 0 aromatic carbocycles. The van der Waals surface area contributed by atoms with Crippen molar-refractivity contribution in [3.63, 3.8) is 0 Å². The molecule has 1 heterocycles. The largest absolute Gasteiger partial charge is 0.479 e. The molecule has 0 aliphatic carbocycles. The number of carbonyl (C=O) groups excluding carboxylic acids is 3. The molecule has 12 nitrogen and oxygen atoms in total. The molecule has 67 heavy (non-hydrogen) atoms. The summed E-state index contributed by atoms with van der Waals surface area (Å²) < 4.78 is 28.3. The van der Waals surface area contributed by atoms with Gasteiger partial charge in [-0.05, 0) is 70.6 Å². The van der Waals surface area contributed by atoms with Crippen molar-refractivity contribution in [1.29, 1.82) is 0 Å². The van der Waals surface area contributed by atoms with Gasteiger partial charge in [0.1, 0.15) is 18.8 Å². The van der Waals surface area contributed by atoms with Gasteiger partial charge in [-0.3, -0.25) is 14.4 Å². The molecule has 1 rings (SSSR count). The monoisotopic (exact) mass is 947 g/mol. The topological polar surface area (TPSA) is 175 Å². The van der Waals surface area contributed by atoms with Crippen LogP contribution < -0.4 is 0 Å². The van der Waals surface area contributed by atoms with Gasteiger partial charge in [-0.1, -0.05) is 185 Å². The van der Waals surface area contributed by atoms with Gasteiger partial charge in [-0.15, -0.1) is 0 Å². The molecule has 0 aromatic heterocycles. The number of aliphatic carboxylic acids is 1. The second-order valence-corrected chi connectivity index (χ2v) is 18.2. The maximum absolute atomic E-state index is 13.1. The molecule has 12 heteroatoms. The highest BCUT2D eigenvalue weighted by Gasteiger charge is 2.50. The Kier molecular flexibility index (Phi) is 40.4. The van der Waals surface area contributed by atoms with Gasteiger partial charge in [-0.2, -0.15) is 0 Å². The third-order valence-electron chi connectivity index (χ3n) is 11.8. The minimum Gasteiger partial charge on any atom is -0.479 e. The number of allylic oxidation sites excluding steroid dienone is 8. The fourth-order valence-electron chi connectivity index (χ4n) is 7.74. The molecule has 1 saturated heterocycles. The predicted molar refractivity (Wildman–Crippen MR) is 266 cm³/mol. The number of hydrogen-bond donors (Lipinski definition) is 3. The summed E-state index contributed by atoms with van der Waals surface area (Å²) in [5.74, 6) is -3.15. The van der Waals surface area contributed by atoms with Crippen LogP contribution in [0.1, 0.15) is 226 Å². The van der Waals surface area contributed by atoms with E-state index in [0.717, 1.165) is 128 Å². The summed E-state index contributed by atoms with van der Waals surface area (Å²) in [5.41, 5.74) is 0. The van der Waals surface area contributed by atoms with Crippen LogP contribution in [0.5, 0.6) is 0 Å². The number of carboxylic acid groups (broad SMARTS) is 1. The molecular formula is C55H94O12. The Labute approximate surface area is 405 Å². The Bertz CT molecular complexity index is 1360. The number of ether oxygens (including phenoxy) is 5. The normalized spacial score (nSPS) is 19.2. The summed E-state index contributed by atoms with van der Waals surface area (Å²) in [4.78, 5) is 50.8. The van der Waals surface area contributed by atoms with Gasteiger partial charge >= 0.3 is 23.9 Å². The average molecular weight is 947 g/mol.